The molecular weight excluding hydrogens is 624 g/mol. The van der Waals surface area contributed by atoms with E-state index in [-0.39, 0.29) is 0 Å². The zero-order valence-corrected chi connectivity index (χ0v) is 28.2. The average molecular weight is 677 g/mol. The largest absolute Gasteiger partial charge is 0.377 e. The lowest BCUT2D eigenvalue weighted by molar-refractivity contribution is 0.00347. The van der Waals surface area contributed by atoms with Crippen molar-refractivity contribution in [2.24, 2.45) is 0 Å². The summed E-state index contributed by atoms with van der Waals surface area (Å²) in [4.78, 5) is 0. The maximum absolute atomic E-state index is 6.07. The number of ether oxygens (including phenoxy) is 12. The highest BCUT2D eigenvalue weighted by atomic mass is 16.6. The monoisotopic (exact) mass is 676 g/mol. The molecule has 8 bridgehead atoms. The van der Waals surface area contributed by atoms with Gasteiger partial charge >= 0.3 is 0 Å². The molecule has 0 radical (unpaired) electrons. The van der Waals surface area contributed by atoms with Crippen LogP contribution in [-0.2, 0) is 110 Å². The van der Waals surface area contributed by atoms with Gasteiger partial charge in [0.25, 0.3) is 0 Å². The molecule has 2 aromatic carbocycles. The number of fused-ring (bicyclic) bond motifs is 32. The van der Waals surface area contributed by atoms with Gasteiger partial charge in [0, 0.05) is 0 Å². The van der Waals surface area contributed by atoms with E-state index in [0.717, 1.165) is 44.5 Å². The molecule has 0 N–H and O–H groups in total. The van der Waals surface area contributed by atoms with Crippen molar-refractivity contribution in [3.05, 3.63) is 68.8 Å². The van der Waals surface area contributed by atoms with E-state index in [1.165, 1.54) is 0 Å². The summed E-state index contributed by atoms with van der Waals surface area (Å²) in [6.45, 7) is 10.7. The van der Waals surface area contributed by atoms with Crippen LogP contribution in [-0.4, -0.2) is 106 Å². The Morgan fingerprint density at radius 1 is 0.188 bits per heavy atom. The predicted molar refractivity (Wildman–Crippen MR) is 173 cm³/mol. The van der Waals surface area contributed by atoms with E-state index in [1.54, 1.807) is 0 Å². The van der Waals surface area contributed by atoms with Gasteiger partial charge in [-0.2, -0.15) is 0 Å². The highest BCUT2D eigenvalue weighted by Gasteiger charge is 2.15. The Labute approximate surface area is 284 Å². The molecule has 0 saturated carbocycles. The summed E-state index contributed by atoms with van der Waals surface area (Å²) in [5.41, 5.74) is 8.27. The van der Waals surface area contributed by atoms with E-state index in [2.05, 4.69) is 24.3 Å². The Kier molecular flexibility index (Phi) is 17.5. The van der Waals surface area contributed by atoms with Gasteiger partial charge in [0.2, 0.25) is 0 Å². The lowest BCUT2D eigenvalue weighted by atomic mass is 9.99. The SMILES string of the molecule is c1c2c3cc4c1COCCOCCOCc1cc(c(cc1COCCOCCOC2)COCCOCCOC3)COCCOCCOC4. The molecule has 6 rings (SSSR count). The first-order chi connectivity index (χ1) is 23.9. The molecule has 48 heavy (non-hydrogen) atoms. The minimum atomic E-state index is 0.417. The average Bonchev–Trinajstić information content (AvgIpc) is 3.09. The van der Waals surface area contributed by atoms with Gasteiger partial charge < -0.3 is 56.8 Å². The number of hydrogen-bond donors (Lipinski definition) is 0. The zero-order valence-electron chi connectivity index (χ0n) is 28.2. The standard InChI is InChI=1S/C36H52O12/c1-9-41-21-29-17-31-24-44-12-4-39-6-14-46-26-34-20-36-28-48-16-8-40-5-13-45-25-33(31)18-30(29)23-43-11-3-38-7-15-47-27-35(36)19-32(34)22-42-10-2-37-1/h17-20H,1-16,21-28H2. The van der Waals surface area contributed by atoms with Gasteiger partial charge in [-0.05, 0) is 44.5 Å². The zero-order chi connectivity index (χ0) is 32.9. The fraction of sp³-hybridized carbons (Fsp3) is 0.667. The Morgan fingerprint density at radius 2 is 0.312 bits per heavy atom. The van der Waals surface area contributed by atoms with Crippen molar-refractivity contribution >= 4 is 0 Å². The summed E-state index contributed by atoms with van der Waals surface area (Å²) in [6, 6.07) is 8.54. The highest BCUT2D eigenvalue weighted by Crippen LogP contribution is 2.23. The summed E-state index contributed by atoms with van der Waals surface area (Å²) in [5, 5.41) is 0. The van der Waals surface area contributed by atoms with Crippen LogP contribution in [0.4, 0.5) is 0 Å². The minimum Gasteiger partial charge on any atom is -0.377 e. The van der Waals surface area contributed by atoms with Gasteiger partial charge in [-0.15, -0.1) is 0 Å². The van der Waals surface area contributed by atoms with Gasteiger partial charge in [0.05, 0.1) is 159 Å². The molecule has 0 saturated heterocycles. The molecule has 0 fully saturated rings. The molecule has 0 aliphatic carbocycles. The molecule has 4 aliphatic rings. The molecule has 12 nitrogen and oxygen atoms in total. The quantitative estimate of drug-likeness (QED) is 0.380. The predicted octanol–water partition coefficient (Wildman–Crippen LogP) is 3.63. The molecule has 4 heterocycles. The number of hydrogen-bond acceptors (Lipinski definition) is 12. The van der Waals surface area contributed by atoms with Crippen molar-refractivity contribution in [2.45, 2.75) is 52.9 Å². The van der Waals surface area contributed by atoms with Crippen molar-refractivity contribution in [3.8, 4) is 0 Å². The Hall–Kier alpha value is -2.04. The second kappa shape index (κ2) is 22.6. The molecule has 2 aromatic rings. The van der Waals surface area contributed by atoms with Gasteiger partial charge in [-0.3, -0.25) is 0 Å². The Balaban J connectivity index is 1.45. The van der Waals surface area contributed by atoms with E-state index >= 15 is 0 Å². The van der Waals surface area contributed by atoms with E-state index < -0.39 is 0 Å². The smallest absolute Gasteiger partial charge is 0.0721 e. The summed E-state index contributed by atoms with van der Waals surface area (Å²) < 4.78 is 71.8. The summed E-state index contributed by atoms with van der Waals surface area (Å²) in [6.07, 6.45) is 0. The van der Waals surface area contributed by atoms with E-state index in [1.807, 2.05) is 0 Å². The van der Waals surface area contributed by atoms with Gasteiger partial charge in [0.1, 0.15) is 0 Å². The van der Waals surface area contributed by atoms with Gasteiger partial charge in [0.15, 0.2) is 0 Å². The molecular formula is C36H52O12. The molecule has 0 atom stereocenters. The molecule has 0 amide bonds. The van der Waals surface area contributed by atoms with Crippen molar-refractivity contribution in [3.63, 3.8) is 0 Å². The second-order valence-corrected chi connectivity index (χ2v) is 11.6. The summed E-state index contributed by atoms with van der Waals surface area (Å²) >= 11 is 0. The summed E-state index contributed by atoms with van der Waals surface area (Å²) in [7, 11) is 0. The van der Waals surface area contributed by atoms with Crippen LogP contribution in [0.3, 0.4) is 0 Å². The molecule has 0 unspecified atom stereocenters. The van der Waals surface area contributed by atoms with Crippen LogP contribution in [0.5, 0.6) is 0 Å². The molecule has 0 aromatic heterocycles. The molecule has 4 aliphatic heterocycles. The maximum Gasteiger partial charge on any atom is 0.0721 e. The van der Waals surface area contributed by atoms with Crippen LogP contribution in [0.15, 0.2) is 24.3 Å². The molecule has 268 valence electrons. The normalized spacial score (nSPS) is 21.7. The maximum atomic E-state index is 6.07. The van der Waals surface area contributed by atoms with Gasteiger partial charge in [-0.1, -0.05) is 24.3 Å². The van der Waals surface area contributed by atoms with E-state index in [9.17, 15) is 0 Å². The first-order valence-electron chi connectivity index (χ1n) is 17.1. The third kappa shape index (κ3) is 13.3. The third-order valence-electron chi connectivity index (χ3n) is 8.08. The van der Waals surface area contributed by atoms with E-state index in [4.69, 9.17) is 56.8 Å². The second-order valence-electron chi connectivity index (χ2n) is 11.6. The first kappa shape index (κ1) is 37.2. The van der Waals surface area contributed by atoms with Crippen LogP contribution in [0.1, 0.15) is 44.5 Å². The van der Waals surface area contributed by atoms with Crippen LogP contribution < -0.4 is 0 Å². The van der Waals surface area contributed by atoms with Crippen molar-refractivity contribution in [1.82, 2.24) is 0 Å². The first-order valence-corrected chi connectivity index (χ1v) is 17.1. The van der Waals surface area contributed by atoms with Crippen molar-refractivity contribution in [1.29, 1.82) is 0 Å². The number of benzene rings is 2. The third-order valence-corrected chi connectivity index (χ3v) is 8.08. The minimum absolute atomic E-state index is 0.417. The van der Waals surface area contributed by atoms with Crippen molar-refractivity contribution in [2.75, 3.05) is 106 Å². The van der Waals surface area contributed by atoms with Crippen LogP contribution in [0, 0.1) is 0 Å². The highest BCUT2D eigenvalue weighted by molar-refractivity contribution is 5.39. The van der Waals surface area contributed by atoms with Crippen molar-refractivity contribution < 1.29 is 56.8 Å². The molecule has 0 spiro atoms. The van der Waals surface area contributed by atoms with Gasteiger partial charge in [-0.25, -0.2) is 0 Å². The van der Waals surface area contributed by atoms with Crippen LogP contribution >= 0.6 is 0 Å². The van der Waals surface area contributed by atoms with Crippen LogP contribution in [0.2, 0.25) is 0 Å². The topological polar surface area (TPSA) is 111 Å². The Morgan fingerprint density at radius 3 is 0.458 bits per heavy atom. The lowest BCUT2D eigenvalue weighted by Gasteiger charge is -2.18. The summed E-state index contributed by atoms with van der Waals surface area (Å²) in [5.74, 6) is 0. The fourth-order valence-electron chi connectivity index (χ4n) is 5.47. The molecule has 12 heteroatoms. The Bertz CT molecular complexity index is 932. The van der Waals surface area contributed by atoms with E-state index in [0.29, 0.717) is 159 Å². The van der Waals surface area contributed by atoms with Crippen LogP contribution in [0.25, 0.3) is 0 Å². The fourth-order valence-corrected chi connectivity index (χ4v) is 5.47. The number of rotatable bonds is 0. The lowest BCUT2D eigenvalue weighted by Crippen LogP contribution is -2.13.